The van der Waals surface area contributed by atoms with Gasteiger partial charge in [0.1, 0.15) is 17.9 Å². The SMILES string of the molecule is CNc1cc(-c2cc(C)c(OC)c(C)c2C)ncn1. The second kappa shape index (κ2) is 5.26. The van der Waals surface area contributed by atoms with Crippen LogP contribution in [-0.4, -0.2) is 24.1 Å². The van der Waals surface area contributed by atoms with Crippen molar-refractivity contribution in [2.45, 2.75) is 20.8 Å². The minimum atomic E-state index is 0.815. The van der Waals surface area contributed by atoms with Gasteiger partial charge in [-0.2, -0.15) is 0 Å². The molecule has 4 heteroatoms. The van der Waals surface area contributed by atoms with E-state index in [1.165, 1.54) is 5.56 Å². The van der Waals surface area contributed by atoms with Crippen molar-refractivity contribution < 1.29 is 4.74 Å². The minimum absolute atomic E-state index is 0.815. The molecule has 0 amide bonds. The number of aryl methyl sites for hydroxylation is 1. The van der Waals surface area contributed by atoms with Crippen molar-refractivity contribution in [3.8, 4) is 17.0 Å². The summed E-state index contributed by atoms with van der Waals surface area (Å²) in [5.41, 5.74) is 5.50. The number of hydrogen-bond donors (Lipinski definition) is 1. The summed E-state index contributed by atoms with van der Waals surface area (Å²) in [5, 5.41) is 3.03. The third-order valence-corrected chi connectivity index (χ3v) is 3.43. The molecule has 0 spiro atoms. The van der Waals surface area contributed by atoms with Gasteiger partial charge in [-0.25, -0.2) is 9.97 Å². The van der Waals surface area contributed by atoms with Crippen LogP contribution < -0.4 is 10.1 Å². The monoisotopic (exact) mass is 257 g/mol. The predicted molar refractivity (Wildman–Crippen MR) is 77.8 cm³/mol. The third-order valence-electron chi connectivity index (χ3n) is 3.43. The Hall–Kier alpha value is -2.10. The summed E-state index contributed by atoms with van der Waals surface area (Å²) >= 11 is 0. The molecule has 0 unspecified atom stereocenters. The van der Waals surface area contributed by atoms with E-state index in [0.717, 1.165) is 34.0 Å². The maximum absolute atomic E-state index is 5.45. The molecule has 1 N–H and O–H groups in total. The highest BCUT2D eigenvalue weighted by molar-refractivity contribution is 5.70. The summed E-state index contributed by atoms with van der Waals surface area (Å²) < 4.78 is 5.45. The first-order chi connectivity index (χ1) is 9.08. The second-order valence-corrected chi connectivity index (χ2v) is 4.56. The van der Waals surface area contributed by atoms with Gasteiger partial charge in [0.15, 0.2) is 0 Å². The summed E-state index contributed by atoms with van der Waals surface area (Å²) in [4.78, 5) is 8.51. The number of rotatable bonds is 3. The van der Waals surface area contributed by atoms with E-state index in [0.29, 0.717) is 0 Å². The Bertz CT molecular complexity index is 609. The lowest BCUT2D eigenvalue weighted by molar-refractivity contribution is 0.408. The lowest BCUT2D eigenvalue weighted by atomic mass is 9.96. The number of nitrogens with zero attached hydrogens (tertiary/aromatic N) is 2. The Morgan fingerprint density at radius 3 is 2.42 bits per heavy atom. The van der Waals surface area contributed by atoms with Crippen LogP contribution in [0.3, 0.4) is 0 Å². The van der Waals surface area contributed by atoms with Gasteiger partial charge in [-0.3, -0.25) is 0 Å². The zero-order valence-electron chi connectivity index (χ0n) is 12.0. The largest absolute Gasteiger partial charge is 0.496 e. The zero-order chi connectivity index (χ0) is 14.0. The van der Waals surface area contributed by atoms with Crippen molar-refractivity contribution in [3.05, 3.63) is 35.2 Å². The predicted octanol–water partition coefficient (Wildman–Crippen LogP) is 3.12. The molecule has 1 heterocycles. The van der Waals surface area contributed by atoms with E-state index in [2.05, 4.69) is 42.1 Å². The van der Waals surface area contributed by atoms with Crippen LogP contribution in [0.1, 0.15) is 16.7 Å². The maximum Gasteiger partial charge on any atom is 0.129 e. The molecule has 0 fully saturated rings. The molecule has 0 aliphatic heterocycles. The van der Waals surface area contributed by atoms with E-state index in [4.69, 9.17) is 4.74 Å². The highest BCUT2D eigenvalue weighted by atomic mass is 16.5. The normalized spacial score (nSPS) is 10.4. The van der Waals surface area contributed by atoms with Crippen molar-refractivity contribution in [3.63, 3.8) is 0 Å². The van der Waals surface area contributed by atoms with Gasteiger partial charge in [0.25, 0.3) is 0 Å². The average molecular weight is 257 g/mol. The van der Waals surface area contributed by atoms with Gasteiger partial charge in [-0.15, -0.1) is 0 Å². The third kappa shape index (κ3) is 2.38. The molecule has 0 saturated heterocycles. The molecule has 0 bridgehead atoms. The van der Waals surface area contributed by atoms with Gasteiger partial charge in [0, 0.05) is 18.7 Å². The Balaban J connectivity index is 2.62. The highest BCUT2D eigenvalue weighted by Gasteiger charge is 2.13. The fourth-order valence-electron chi connectivity index (χ4n) is 2.28. The van der Waals surface area contributed by atoms with Gasteiger partial charge in [0.2, 0.25) is 0 Å². The molecular weight excluding hydrogens is 238 g/mol. The van der Waals surface area contributed by atoms with E-state index in [1.54, 1.807) is 13.4 Å². The number of aromatic nitrogens is 2. The molecule has 1 aromatic heterocycles. The Kier molecular flexibility index (Phi) is 3.69. The van der Waals surface area contributed by atoms with E-state index in [1.807, 2.05) is 13.1 Å². The first-order valence-electron chi connectivity index (χ1n) is 6.23. The summed E-state index contributed by atoms with van der Waals surface area (Å²) in [6.07, 6.45) is 1.58. The van der Waals surface area contributed by atoms with Crippen molar-refractivity contribution in [2.75, 3.05) is 19.5 Å². The minimum Gasteiger partial charge on any atom is -0.496 e. The molecule has 0 saturated carbocycles. The fourth-order valence-corrected chi connectivity index (χ4v) is 2.28. The Morgan fingerprint density at radius 1 is 1.05 bits per heavy atom. The average Bonchev–Trinajstić information content (AvgIpc) is 2.43. The van der Waals surface area contributed by atoms with Crippen LogP contribution >= 0.6 is 0 Å². The van der Waals surface area contributed by atoms with Crippen LogP contribution in [0.5, 0.6) is 5.75 Å². The topological polar surface area (TPSA) is 47.0 Å². The Labute approximate surface area is 113 Å². The summed E-state index contributed by atoms with van der Waals surface area (Å²) in [5.74, 6) is 1.76. The molecule has 0 atom stereocenters. The molecule has 100 valence electrons. The number of methoxy groups -OCH3 is 1. The standard InChI is InChI=1S/C15H19N3O/c1-9-6-12(10(2)11(3)15(9)19-5)13-7-14(16-4)18-8-17-13/h6-8H,1-5H3,(H,16,17,18). The van der Waals surface area contributed by atoms with E-state index in [9.17, 15) is 0 Å². The molecule has 2 aromatic rings. The molecule has 0 aliphatic carbocycles. The maximum atomic E-state index is 5.45. The zero-order valence-corrected chi connectivity index (χ0v) is 12.0. The van der Waals surface area contributed by atoms with Gasteiger partial charge < -0.3 is 10.1 Å². The molecule has 2 rings (SSSR count). The quantitative estimate of drug-likeness (QED) is 0.917. The van der Waals surface area contributed by atoms with E-state index in [-0.39, 0.29) is 0 Å². The molecule has 1 aromatic carbocycles. The van der Waals surface area contributed by atoms with Crippen LogP contribution in [0, 0.1) is 20.8 Å². The van der Waals surface area contributed by atoms with Gasteiger partial charge in [0.05, 0.1) is 12.8 Å². The second-order valence-electron chi connectivity index (χ2n) is 4.56. The first-order valence-corrected chi connectivity index (χ1v) is 6.23. The summed E-state index contributed by atoms with van der Waals surface area (Å²) in [6.45, 7) is 6.22. The van der Waals surface area contributed by atoms with Crippen molar-refractivity contribution in [1.82, 2.24) is 9.97 Å². The highest BCUT2D eigenvalue weighted by Crippen LogP contribution is 2.33. The molecule has 0 radical (unpaired) electrons. The number of nitrogens with one attached hydrogen (secondary N) is 1. The van der Waals surface area contributed by atoms with Crippen LogP contribution in [0.15, 0.2) is 18.5 Å². The van der Waals surface area contributed by atoms with Crippen LogP contribution in [0.4, 0.5) is 5.82 Å². The van der Waals surface area contributed by atoms with Gasteiger partial charge in [-0.1, -0.05) is 0 Å². The molecule has 19 heavy (non-hydrogen) atoms. The van der Waals surface area contributed by atoms with Crippen LogP contribution in [0.2, 0.25) is 0 Å². The number of ether oxygens (including phenoxy) is 1. The van der Waals surface area contributed by atoms with E-state index >= 15 is 0 Å². The fraction of sp³-hybridized carbons (Fsp3) is 0.333. The first kappa shape index (κ1) is 13.3. The van der Waals surface area contributed by atoms with Crippen LogP contribution in [-0.2, 0) is 0 Å². The molecular formula is C15H19N3O. The summed E-state index contributed by atoms with van der Waals surface area (Å²) in [7, 11) is 3.56. The van der Waals surface area contributed by atoms with Gasteiger partial charge in [-0.05, 0) is 43.5 Å². The number of hydrogen-bond acceptors (Lipinski definition) is 4. The Morgan fingerprint density at radius 2 is 1.79 bits per heavy atom. The van der Waals surface area contributed by atoms with Crippen molar-refractivity contribution in [1.29, 1.82) is 0 Å². The smallest absolute Gasteiger partial charge is 0.129 e. The lowest BCUT2D eigenvalue weighted by Gasteiger charge is -2.15. The lowest BCUT2D eigenvalue weighted by Crippen LogP contribution is -1.99. The van der Waals surface area contributed by atoms with Gasteiger partial charge >= 0.3 is 0 Å². The van der Waals surface area contributed by atoms with Crippen molar-refractivity contribution >= 4 is 5.82 Å². The molecule has 4 nitrogen and oxygen atoms in total. The molecule has 0 aliphatic rings. The van der Waals surface area contributed by atoms with Crippen molar-refractivity contribution in [2.24, 2.45) is 0 Å². The number of benzene rings is 1. The van der Waals surface area contributed by atoms with Crippen LogP contribution in [0.25, 0.3) is 11.3 Å². The summed E-state index contributed by atoms with van der Waals surface area (Å²) in [6, 6.07) is 4.07. The number of anilines is 1. The van der Waals surface area contributed by atoms with E-state index < -0.39 is 0 Å².